The maximum absolute atomic E-state index is 6.15. The van der Waals surface area contributed by atoms with E-state index in [4.69, 9.17) is 10.2 Å². The number of oxazole rings is 1. The Morgan fingerprint density at radius 1 is 1.13 bits per heavy atom. The predicted octanol–water partition coefficient (Wildman–Crippen LogP) is 6.29. The predicted molar refractivity (Wildman–Crippen MR) is 103 cm³/mol. The standard InChI is InChI=1S/C18H18Br2N2O/c1-4-12-13(19)15(21)14(20)16-17(12)23-18(22-16)11-7-5-10(6-8-11)9(2)3/h5-9H,4,21H2,1-3H3. The van der Waals surface area contributed by atoms with Crippen molar-refractivity contribution in [1.29, 1.82) is 0 Å². The van der Waals surface area contributed by atoms with Crippen molar-refractivity contribution < 1.29 is 4.42 Å². The highest BCUT2D eigenvalue weighted by Gasteiger charge is 2.20. The van der Waals surface area contributed by atoms with Crippen LogP contribution in [0.1, 0.15) is 37.8 Å². The molecule has 0 saturated heterocycles. The number of anilines is 1. The van der Waals surface area contributed by atoms with Gasteiger partial charge in [-0.25, -0.2) is 4.98 Å². The summed E-state index contributed by atoms with van der Waals surface area (Å²) in [6.45, 7) is 6.44. The van der Waals surface area contributed by atoms with E-state index < -0.39 is 0 Å². The summed E-state index contributed by atoms with van der Waals surface area (Å²) in [6, 6.07) is 8.35. The SMILES string of the molecule is CCc1c(Br)c(N)c(Br)c2nc(-c3ccc(C(C)C)cc3)oc12. The van der Waals surface area contributed by atoms with Gasteiger partial charge in [-0.15, -0.1) is 0 Å². The number of nitrogens with two attached hydrogens (primary N) is 1. The number of hydrogen-bond donors (Lipinski definition) is 1. The Kier molecular flexibility index (Phi) is 4.52. The van der Waals surface area contributed by atoms with Crippen LogP contribution in [0.25, 0.3) is 22.6 Å². The lowest BCUT2D eigenvalue weighted by atomic mass is 10.0. The molecule has 1 heterocycles. The largest absolute Gasteiger partial charge is 0.436 e. The number of aromatic nitrogens is 1. The summed E-state index contributed by atoms with van der Waals surface area (Å²) in [5.41, 5.74) is 11.7. The van der Waals surface area contributed by atoms with Crippen molar-refractivity contribution in [3.63, 3.8) is 0 Å². The lowest BCUT2D eigenvalue weighted by molar-refractivity contribution is 0.615. The molecule has 0 radical (unpaired) electrons. The van der Waals surface area contributed by atoms with Crippen molar-refractivity contribution in [3.8, 4) is 11.5 Å². The van der Waals surface area contributed by atoms with Crippen LogP contribution in [0.4, 0.5) is 5.69 Å². The fourth-order valence-electron chi connectivity index (χ4n) is 2.61. The average Bonchev–Trinajstić information content (AvgIpc) is 2.98. The van der Waals surface area contributed by atoms with Crippen LogP contribution < -0.4 is 5.73 Å². The molecule has 23 heavy (non-hydrogen) atoms. The van der Waals surface area contributed by atoms with Gasteiger partial charge in [-0.2, -0.15) is 0 Å². The Morgan fingerprint density at radius 3 is 2.35 bits per heavy atom. The molecule has 1 aromatic heterocycles. The molecule has 0 amide bonds. The smallest absolute Gasteiger partial charge is 0.227 e. The maximum atomic E-state index is 6.15. The molecule has 0 aliphatic carbocycles. The molecule has 3 aromatic rings. The summed E-state index contributed by atoms with van der Waals surface area (Å²) in [6.07, 6.45) is 0.815. The fourth-order valence-corrected chi connectivity index (χ4v) is 4.00. The number of rotatable bonds is 3. The first-order valence-electron chi connectivity index (χ1n) is 7.60. The van der Waals surface area contributed by atoms with Crippen LogP contribution in [0, 0.1) is 0 Å². The van der Waals surface area contributed by atoms with E-state index in [-0.39, 0.29) is 0 Å². The minimum atomic E-state index is 0.504. The number of hydrogen-bond acceptors (Lipinski definition) is 3. The Balaban J connectivity index is 2.18. The molecule has 0 bridgehead atoms. The second kappa shape index (κ2) is 6.29. The van der Waals surface area contributed by atoms with Crippen LogP contribution in [0.3, 0.4) is 0 Å². The number of nitrogens with zero attached hydrogens (tertiary/aromatic N) is 1. The zero-order valence-corrected chi connectivity index (χ0v) is 16.5. The third-order valence-corrected chi connectivity index (χ3v) is 5.73. The van der Waals surface area contributed by atoms with Gasteiger partial charge < -0.3 is 10.2 Å². The normalized spacial score (nSPS) is 11.6. The summed E-state index contributed by atoms with van der Waals surface area (Å²) in [5.74, 6) is 1.12. The minimum Gasteiger partial charge on any atom is -0.436 e. The highest BCUT2D eigenvalue weighted by molar-refractivity contribution is 9.11. The molecule has 2 N–H and O–H groups in total. The first-order chi connectivity index (χ1) is 10.9. The molecule has 0 fully saturated rings. The number of nitrogen functional groups attached to an aromatic ring is 1. The fraction of sp³-hybridized carbons (Fsp3) is 0.278. The van der Waals surface area contributed by atoms with E-state index in [0.29, 0.717) is 17.5 Å². The third kappa shape index (κ3) is 2.81. The molecule has 5 heteroatoms. The van der Waals surface area contributed by atoms with Gasteiger partial charge in [-0.3, -0.25) is 0 Å². The maximum Gasteiger partial charge on any atom is 0.227 e. The van der Waals surface area contributed by atoms with Gasteiger partial charge in [0.05, 0.1) is 10.2 Å². The Morgan fingerprint density at radius 2 is 1.78 bits per heavy atom. The summed E-state index contributed by atoms with van der Waals surface area (Å²) in [5, 5.41) is 0. The van der Waals surface area contributed by atoms with Crippen LogP contribution in [0.2, 0.25) is 0 Å². The third-order valence-electron chi connectivity index (χ3n) is 4.02. The quantitative estimate of drug-likeness (QED) is 0.490. The van der Waals surface area contributed by atoms with Crippen LogP contribution in [-0.4, -0.2) is 4.98 Å². The molecule has 0 unspecified atom stereocenters. The van der Waals surface area contributed by atoms with Crippen LogP contribution >= 0.6 is 31.9 Å². The molecular formula is C18H18Br2N2O. The molecule has 2 aromatic carbocycles. The number of fused-ring (bicyclic) bond motifs is 1. The molecule has 0 saturated carbocycles. The zero-order valence-electron chi connectivity index (χ0n) is 13.3. The van der Waals surface area contributed by atoms with Crippen molar-refractivity contribution in [3.05, 3.63) is 44.3 Å². The second-order valence-corrected chi connectivity index (χ2v) is 7.43. The first-order valence-corrected chi connectivity index (χ1v) is 9.18. The Labute approximate surface area is 152 Å². The van der Waals surface area contributed by atoms with Gasteiger partial charge in [0, 0.05) is 15.6 Å². The average molecular weight is 438 g/mol. The van der Waals surface area contributed by atoms with Gasteiger partial charge in [0.2, 0.25) is 5.89 Å². The minimum absolute atomic E-state index is 0.504. The van der Waals surface area contributed by atoms with Crippen molar-refractivity contribution in [1.82, 2.24) is 4.98 Å². The summed E-state index contributed by atoms with van der Waals surface area (Å²) in [4.78, 5) is 4.65. The Hall–Kier alpha value is -1.33. The molecule has 3 rings (SSSR count). The molecule has 0 aliphatic heterocycles. The topological polar surface area (TPSA) is 52.0 Å². The van der Waals surface area contributed by atoms with Crippen LogP contribution in [0.15, 0.2) is 37.6 Å². The highest BCUT2D eigenvalue weighted by Crippen LogP contribution is 2.41. The van der Waals surface area contributed by atoms with Gasteiger partial charge in [0.25, 0.3) is 0 Å². The number of benzene rings is 2. The van der Waals surface area contributed by atoms with E-state index in [2.05, 4.69) is 81.9 Å². The van der Waals surface area contributed by atoms with Gasteiger partial charge in [0.15, 0.2) is 5.58 Å². The van der Waals surface area contributed by atoms with Gasteiger partial charge >= 0.3 is 0 Å². The van der Waals surface area contributed by atoms with E-state index in [0.717, 1.165) is 37.6 Å². The van der Waals surface area contributed by atoms with Crippen molar-refractivity contribution >= 4 is 48.6 Å². The lowest BCUT2D eigenvalue weighted by Crippen LogP contribution is -1.94. The van der Waals surface area contributed by atoms with Gasteiger partial charge in [-0.1, -0.05) is 32.9 Å². The molecule has 0 aliphatic rings. The summed E-state index contributed by atoms with van der Waals surface area (Å²) in [7, 11) is 0. The van der Waals surface area contributed by atoms with Crippen LogP contribution in [0.5, 0.6) is 0 Å². The molecule has 120 valence electrons. The monoisotopic (exact) mass is 436 g/mol. The number of halogens is 2. The zero-order chi connectivity index (χ0) is 16.7. The van der Waals surface area contributed by atoms with E-state index in [1.54, 1.807) is 0 Å². The van der Waals surface area contributed by atoms with Gasteiger partial charge in [-0.05, 0) is 61.9 Å². The van der Waals surface area contributed by atoms with E-state index in [9.17, 15) is 0 Å². The molecular weight excluding hydrogens is 420 g/mol. The van der Waals surface area contributed by atoms with Crippen molar-refractivity contribution in [2.45, 2.75) is 33.1 Å². The molecule has 0 spiro atoms. The van der Waals surface area contributed by atoms with Crippen molar-refractivity contribution in [2.75, 3.05) is 5.73 Å². The number of aryl methyl sites for hydroxylation is 1. The Bertz CT molecular complexity index is 867. The highest BCUT2D eigenvalue weighted by atomic mass is 79.9. The summed E-state index contributed by atoms with van der Waals surface area (Å²) >= 11 is 7.09. The van der Waals surface area contributed by atoms with Crippen LogP contribution in [-0.2, 0) is 6.42 Å². The van der Waals surface area contributed by atoms with Crippen molar-refractivity contribution in [2.24, 2.45) is 0 Å². The van der Waals surface area contributed by atoms with E-state index in [1.807, 2.05) is 0 Å². The molecule has 0 atom stereocenters. The molecule has 3 nitrogen and oxygen atoms in total. The van der Waals surface area contributed by atoms with E-state index >= 15 is 0 Å². The van der Waals surface area contributed by atoms with Gasteiger partial charge in [0.1, 0.15) is 5.52 Å². The second-order valence-electron chi connectivity index (χ2n) is 5.85. The van der Waals surface area contributed by atoms with E-state index in [1.165, 1.54) is 5.56 Å². The summed E-state index contributed by atoms with van der Waals surface area (Å²) < 4.78 is 7.71. The first kappa shape index (κ1) is 16.5. The lowest BCUT2D eigenvalue weighted by Gasteiger charge is -2.07.